The van der Waals surface area contributed by atoms with Crippen LogP contribution in [0.15, 0.2) is 30.6 Å². The molecule has 116 valence electrons. The van der Waals surface area contributed by atoms with Gasteiger partial charge in [-0.1, -0.05) is 13.8 Å². The molecule has 0 spiro atoms. The molecule has 0 aliphatic carbocycles. The van der Waals surface area contributed by atoms with Gasteiger partial charge in [-0.3, -0.25) is 4.79 Å². The molecule has 2 aromatic heterocycles. The Hall–Kier alpha value is -2.44. The van der Waals surface area contributed by atoms with Gasteiger partial charge in [0.05, 0.1) is 0 Å². The maximum atomic E-state index is 12.0. The van der Waals surface area contributed by atoms with Crippen LogP contribution < -0.4 is 4.90 Å². The van der Waals surface area contributed by atoms with E-state index >= 15 is 0 Å². The van der Waals surface area contributed by atoms with Crippen LogP contribution in [0.3, 0.4) is 0 Å². The molecule has 0 unspecified atom stereocenters. The van der Waals surface area contributed by atoms with Gasteiger partial charge in [-0.2, -0.15) is 5.10 Å². The largest absolute Gasteiger partial charge is 0.352 e. The number of anilines is 1. The molecule has 22 heavy (non-hydrogen) atoms. The van der Waals surface area contributed by atoms with E-state index in [-0.39, 0.29) is 11.8 Å². The monoisotopic (exact) mass is 300 g/mol. The van der Waals surface area contributed by atoms with Gasteiger partial charge in [-0.15, -0.1) is 10.2 Å². The molecule has 0 atom stereocenters. The van der Waals surface area contributed by atoms with Crippen LogP contribution in [0.25, 0.3) is 5.82 Å². The van der Waals surface area contributed by atoms with Crippen molar-refractivity contribution in [1.29, 1.82) is 0 Å². The molecule has 1 aliphatic heterocycles. The van der Waals surface area contributed by atoms with E-state index in [9.17, 15) is 4.79 Å². The number of nitrogens with zero attached hydrogens (tertiary/aromatic N) is 6. The molecule has 1 fully saturated rings. The third-order valence-corrected chi connectivity index (χ3v) is 3.78. The first-order valence-corrected chi connectivity index (χ1v) is 7.52. The van der Waals surface area contributed by atoms with Gasteiger partial charge < -0.3 is 9.80 Å². The van der Waals surface area contributed by atoms with Crippen molar-refractivity contribution in [2.75, 3.05) is 31.1 Å². The highest BCUT2D eigenvalue weighted by molar-refractivity contribution is 5.78. The number of rotatable bonds is 3. The van der Waals surface area contributed by atoms with Gasteiger partial charge in [0.2, 0.25) is 5.91 Å². The van der Waals surface area contributed by atoms with Crippen LogP contribution in [-0.4, -0.2) is 57.0 Å². The summed E-state index contributed by atoms with van der Waals surface area (Å²) in [7, 11) is 0. The van der Waals surface area contributed by atoms with E-state index in [1.807, 2.05) is 43.1 Å². The van der Waals surface area contributed by atoms with Crippen LogP contribution >= 0.6 is 0 Å². The average Bonchev–Trinajstić information content (AvgIpc) is 3.09. The zero-order valence-electron chi connectivity index (χ0n) is 12.9. The molecule has 0 bridgehead atoms. The molecule has 3 heterocycles. The number of aromatic nitrogens is 4. The van der Waals surface area contributed by atoms with E-state index in [1.54, 1.807) is 10.9 Å². The van der Waals surface area contributed by atoms with E-state index < -0.39 is 0 Å². The lowest BCUT2D eigenvalue weighted by molar-refractivity contribution is -0.134. The fourth-order valence-corrected chi connectivity index (χ4v) is 2.53. The highest BCUT2D eigenvalue weighted by Gasteiger charge is 2.23. The summed E-state index contributed by atoms with van der Waals surface area (Å²) < 4.78 is 1.68. The van der Waals surface area contributed by atoms with Crippen LogP contribution in [0.1, 0.15) is 13.8 Å². The third kappa shape index (κ3) is 2.93. The first-order chi connectivity index (χ1) is 10.6. The maximum Gasteiger partial charge on any atom is 0.225 e. The Labute approximate surface area is 129 Å². The molecule has 7 nitrogen and oxygen atoms in total. The van der Waals surface area contributed by atoms with Crippen molar-refractivity contribution in [2.24, 2.45) is 5.92 Å². The van der Waals surface area contributed by atoms with E-state index in [0.717, 1.165) is 32.0 Å². The maximum absolute atomic E-state index is 12.0. The molecule has 0 aromatic carbocycles. The van der Waals surface area contributed by atoms with Crippen molar-refractivity contribution in [3.8, 4) is 5.82 Å². The van der Waals surface area contributed by atoms with Gasteiger partial charge in [0.1, 0.15) is 0 Å². The zero-order chi connectivity index (χ0) is 15.5. The van der Waals surface area contributed by atoms with E-state index in [2.05, 4.69) is 20.2 Å². The SMILES string of the molecule is CC(C)C(=O)N1CCN(c2ccc(-n3cccn3)nn2)CC1. The molecule has 7 heteroatoms. The predicted molar refractivity (Wildman–Crippen MR) is 82.8 cm³/mol. The lowest BCUT2D eigenvalue weighted by Gasteiger charge is -2.36. The summed E-state index contributed by atoms with van der Waals surface area (Å²) in [6, 6.07) is 5.70. The topological polar surface area (TPSA) is 67.2 Å². The number of carbonyl (C=O) groups is 1. The van der Waals surface area contributed by atoms with Gasteiger partial charge in [0, 0.05) is 44.5 Å². The Morgan fingerprint density at radius 3 is 2.32 bits per heavy atom. The fraction of sp³-hybridized carbons (Fsp3) is 0.467. The van der Waals surface area contributed by atoms with Gasteiger partial charge in [-0.25, -0.2) is 4.68 Å². The highest BCUT2D eigenvalue weighted by atomic mass is 16.2. The molecule has 2 aromatic rings. The molecule has 0 radical (unpaired) electrons. The Balaban J connectivity index is 1.63. The summed E-state index contributed by atoms with van der Waals surface area (Å²) in [5.74, 6) is 1.81. The first kappa shape index (κ1) is 14.5. The normalized spacial score (nSPS) is 15.4. The summed E-state index contributed by atoms with van der Waals surface area (Å²) in [6.45, 7) is 6.92. The molecule has 0 saturated carbocycles. The van der Waals surface area contributed by atoms with Crippen molar-refractivity contribution in [3.63, 3.8) is 0 Å². The Kier molecular flexibility index (Phi) is 4.04. The number of amides is 1. The minimum Gasteiger partial charge on any atom is -0.352 e. The molecular weight excluding hydrogens is 280 g/mol. The fourth-order valence-electron chi connectivity index (χ4n) is 2.53. The number of hydrogen-bond acceptors (Lipinski definition) is 5. The Morgan fingerprint density at radius 1 is 1.09 bits per heavy atom. The zero-order valence-corrected chi connectivity index (χ0v) is 12.9. The smallest absolute Gasteiger partial charge is 0.225 e. The van der Waals surface area contributed by atoms with Crippen molar-refractivity contribution in [3.05, 3.63) is 30.6 Å². The van der Waals surface area contributed by atoms with Crippen LogP contribution in [0.2, 0.25) is 0 Å². The molecule has 1 aliphatic rings. The van der Waals surface area contributed by atoms with Gasteiger partial charge in [0.15, 0.2) is 11.6 Å². The lowest BCUT2D eigenvalue weighted by Crippen LogP contribution is -2.50. The quantitative estimate of drug-likeness (QED) is 0.845. The van der Waals surface area contributed by atoms with Gasteiger partial charge in [-0.05, 0) is 18.2 Å². The van der Waals surface area contributed by atoms with Crippen molar-refractivity contribution in [2.45, 2.75) is 13.8 Å². The minimum absolute atomic E-state index is 0.0553. The Morgan fingerprint density at radius 2 is 1.77 bits per heavy atom. The molecular formula is C15H20N6O. The summed E-state index contributed by atoms with van der Waals surface area (Å²) in [5.41, 5.74) is 0. The minimum atomic E-state index is 0.0553. The summed E-state index contributed by atoms with van der Waals surface area (Å²) in [5, 5.41) is 12.6. The molecule has 1 saturated heterocycles. The Bertz CT molecular complexity index is 614. The highest BCUT2D eigenvalue weighted by Crippen LogP contribution is 2.15. The summed E-state index contributed by atoms with van der Waals surface area (Å²) in [6.07, 6.45) is 3.54. The number of piperazine rings is 1. The molecule has 1 amide bonds. The number of hydrogen-bond donors (Lipinski definition) is 0. The van der Waals surface area contributed by atoms with E-state index in [1.165, 1.54) is 0 Å². The van der Waals surface area contributed by atoms with Crippen LogP contribution in [0, 0.1) is 5.92 Å². The second kappa shape index (κ2) is 6.13. The first-order valence-electron chi connectivity index (χ1n) is 7.52. The second-order valence-electron chi connectivity index (χ2n) is 5.67. The second-order valence-corrected chi connectivity index (χ2v) is 5.67. The van der Waals surface area contributed by atoms with E-state index in [4.69, 9.17) is 0 Å². The standard InChI is InChI=1S/C15H20N6O/c1-12(2)15(22)20-10-8-19(9-11-20)13-4-5-14(18-17-13)21-7-3-6-16-21/h3-7,12H,8-11H2,1-2H3. The predicted octanol–water partition coefficient (Wildman–Crippen LogP) is 0.967. The van der Waals surface area contributed by atoms with Gasteiger partial charge >= 0.3 is 0 Å². The van der Waals surface area contributed by atoms with Crippen molar-refractivity contribution < 1.29 is 4.79 Å². The number of carbonyl (C=O) groups excluding carboxylic acids is 1. The molecule has 0 N–H and O–H groups in total. The summed E-state index contributed by atoms with van der Waals surface area (Å²) >= 11 is 0. The van der Waals surface area contributed by atoms with Crippen molar-refractivity contribution >= 4 is 11.7 Å². The van der Waals surface area contributed by atoms with Crippen LogP contribution in [-0.2, 0) is 4.79 Å². The van der Waals surface area contributed by atoms with Crippen LogP contribution in [0.4, 0.5) is 5.82 Å². The molecule has 3 rings (SSSR count). The van der Waals surface area contributed by atoms with Gasteiger partial charge in [0.25, 0.3) is 0 Å². The van der Waals surface area contributed by atoms with Crippen LogP contribution in [0.5, 0.6) is 0 Å². The lowest BCUT2D eigenvalue weighted by atomic mass is 10.1. The van der Waals surface area contributed by atoms with E-state index in [0.29, 0.717) is 5.82 Å². The third-order valence-electron chi connectivity index (χ3n) is 3.78. The van der Waals surface area contributed by atoms with Crippen molar-refractivity contribution in [1.82, 2.24) is 24.9 Å². The average molecular weight is 300 g/mol. The summed E-state index contributed by atoms with van der Waals surface area (Å²) in [4.78, 5) is 16.1.